The number of fused-ring (bicyclic) bond motifs is 1. The lowest BCUT2D eigenvalue weighted by Crippen LogP contribution is -2.31. The van der Waals surface area contributed by atoms with Crippen LogP contribution < -0.4 is 20.9 Å². The largest absolute Gasteiger partial charge is 0.481 e. The highest BCUT2D eigenvalue weighted by Gasteiger charge is 2.28. The minimum Gasteiger partial charge on any atom is -0.481 e. The first-order valence-corrected chi connectivity index (χ1v) is 13.1. The Bertz CT molecular complexity index is 1400. The van der Waals surface area contributed by atoms with Gasteiger partial charge in [-0.2, -0.15) is 0 Å². The molecule has 39 heavy (non-hydrogen) atoms. The van der Waals surface area contributed by atoms with Crippen molar-refractivity contribution in [1.29, 1.82) is 0 Å². The minimum absolute atomic E-state index is 0.0319. The van der Waals surface area contributed by atoms with E-state index in [1.165, 1.54) is 0 Å². The maximum absolute atomic E-state index is 13.2. The molecule has 4 N–H and O–H groups in total. The lowest BCUT2D eigenvalue weighted by atomic mass is 9.98. The molecule has 0 saturated heterocycles. The van der Waals surface area contributed by atoms with Crippen LogP contribution in [-0.2, 0) is 20.8 Å². The maximum Gasteiger partial charge on any atom is 0.303 e. The molecule has 9 heteroatoms. The number of rotatable bonds is 11. The second-order valence-electron chi connectivity index (χ2n) is 9.28. The predicted octanol–water partition coefficient (Wildman–Crippen LogP) is 5.25. The third kappa shape index (κ3) is 6.85. The van der Waals surface area contributed by atoms with Crippen LogP contribution in [0.2, 0.25) is 5.02 Å². The van der Waals surface area contributed by atoms with E-state index in [-0.39, 0.29) is 18.2 Å². The molecule has 1 aliphatic heterocycles. The van der Waals surface area contributed by atoms with Crippen molar-refractivity contribution in [2.24, 2.45) is 0 Å². The molecule has 0 unspecified atom stereocenters. The van der Waals surface area contributed by atoms with Crippen LogP contribution >= 0.6 is 11.6 Å². The van der Waals surface area contributed by atoms with Crippen LogP contribution in [0.3, 0.4) is 0 Å². The summed E-state index contributed by atoms with van der Waals surface area (Å²) in [6, 6.07) is 20.3. The average molecular weight is 547 g/mol. The van der Waals surface area contributed by atoms with Crippen molar-refractivity contribution in [3.63, 3.8) is 0 Å². The summed E-state index contributed by atoms with van der Waals surface area (Å²) in [7, 11) is 1.88. The summed E-state index contributed by atoms with van der Waals surface area (Å²) < 4.78 is 0. The number of benzene rings is 3. The summed E-state index contributed by atoms with van der Waals surface area (Å²) in [6.07, 6.45) is 1.28. The van der Waals surface area contributed by atoms with E-state index < -0.39 is 5.97 Å². The van der Waals surface area contributed by atoms with Crippen LogP contribution in [0.25, 0.3) is 11.3 Å². The van der Waals surface area contributed by atoms with Gasteiger partial charge in [-0.05, 0) is 74.0 Å². The van der Waals surface area contributed by atoms with E-state index in [4.69, 9.17) is 16.7 Å². The molecule has 0 bridgehead atoms. The van der Waals surface area contributed by atoms with Crippen LogP contribution in [-0.4, -0.2) is 43.0 Å². The molecule has 0 aliphatic carbocycles. The lowest BCUT2D eigenvalue weighted by Gasteiger charge is -2.22. The van der Waals surface area contributed by atoms with E-state index in [9.17, 15) is 14.4 Å². The van der Waals surface area contributed by atoms with Gasteiger partial charge in [-0.15, -0.1) is 0 Å². The van der Waals surface area contributed by atoms with Gasteiger partial charge >= 0.3 is 5.97 Å². The Morgan fingerprint density at radius 1 is 1.03 bits per heavy atom. The summed E-state index contributed by atoms with van der Waals surface area (Å²) in [5.41, 5.74) is 5.62. The number of carbonyl (C=O) groups is 3. The van der Waals surface area contributed by atoms with Crippen molar-refractivity contribution >= 4 is 57.7 Å². The molecule has 3 aromatic carbocycles. The zero-order chi connectivity index (χ0) is 27.9. The highest BCUT2D eigenvalue weighted by atomic mass is 35.5. The molecular weight excluding hydrogens is 516 g/mol. The second kappa shape index (κ2) is 12.6. The molecule has 0 spiro atoms. The van der Waals surface area contributed by atoms with Gasteiger partial charge in [0, 0.05) is 41.9 Å². The fourth-order valence-electron chi connectivity index (χ4n) is 4.51. The molecular formula is C30H31ClN4O4. The number of nitrogens with one attached hydrogen (secondary N) is 3. The Labute approximate surface area is 232 Å². The highest BCUT2D eigenvalue weighted by molar-refractivity contribution is 6.38. The van der Waals surface area contributed by atoms with Crippen molar-refractivity contribution in [3.05, 3.63) is 88.4 Å². The van der Waals surface area contributed by atoms with E-state index in [1.54, 1.807) is 24.0 Å². The lowest BCUT2D eigenvalue weighted by molar-refractivity contribution is -0.137. The quantitative estimate of drug-likeness (QED) is 0.193. The van der Waals surface area contributed by atoms with Crippen LogP contribution in [0.5, 0.6) is 0 Å². The van der Waals surface area contributed by atoms with E-state index in [0.29, 0.717) is 34.9 Å². The molecule has 0 radical (unpaired) electrons. The SMILES string of the molecule is CNCCCN(C(C)=O)c1ccc(NC(=C2C(=O)Nc3cc(Cl)ccc32)c2ccc(CCC(=O)O)cc2)cc1. The molecule has 8 nitrogen and oxygen atoms in total. The Hall–Kier alpha value is -4.14. The number of aliphatic carboxylic acids is 1. The Kier molecular flexibility index (Phi) is 9.01. The summed E-state index contributed by atoms with van der Waals surface area (Å²) >= 11 is 6.16. The van der Waals surface area contributed by atoms with Crippen molar-refractivity contribution in [2.45, 2.75) is 26.2 Å². The smallest absolute Gasteiger partial charge is 0.303 e. The number of hydrogen-bond donors (Lipinski definition) is 4. The van der Waals surface area contributed by atoms with Crippen LogP contribution in [0.4, 0.5) is 17.1 Å². The molecule has 202 valence electrons. The van der Waals surface area contributed by atoms with Crippen molar-refractivity contribution in [3.8, 4) is 0 Å². The first-order chi connectivity index (χ1) is 18.8. The zero-order valence-corrected chi connectivity index (χ0v) is 22.6. The first kappa shape index (κ1) is 27.9. The first-order valence-electron chi connectivity index (χ1n) is 12.7. The second-order valence-corrected chi connectivity index (χ2v) is 9.72. The predicted molar refractivity (Wildman–Crippen MR) is 156 cm³/mol. The number of aryl methyl sites for hydroxylation is 1. The number of halogens is 1. The topological polar surface area (TPSA) is 111 Å². The highest BCUT2D eigenvalue weighted by Crippen LogP contribution is 2.39. The van der Waals surface area contributed by atoms with Crippen molar-refractivity contribution in [1.82, 2.24) is 5.32 Å². The molecule has 2 amide bonds. The standard InChI is InChI=1S/C30H31ClN4O4/c1-19(36)35(17-3-16-32-2)24-12-10-23(11-13-24)33-29(21-7-4-20(5-8-21)6-15-27(37)38)28-25-14-9-22(31)18-26(25)34-30(28)39/h4-5,7-14,18,32-33H,3,6,15-17H2,1-2H3,(H,34,39)(H,37,38). The van der Waals surface area contributed by atoms with E-state index >= 15 is 0 Å². The van der Waals surface area contributed by atoms with Gasteiger partial charge in [0.1, 0.15) is 0 Å². The van der Waals surface area contributed by atoms with Gasteiger partial charge in [0.2, 0.25) is 5.91 Å². The number of nitrogens with zero attached hydrogens (tertiary/aromatic N) is 1. The number of carbonyl (C=O) groups excluding carboxylic acids is 2. The molecule has 0 atom stereocenters. The number of carboxylic acids is 1. The summed E-state index contributed by atoms with van der Waals surface area (Å²) in [5.74, 6) is -1.14. The fourth-order valence-corrected chi connectivity index (χ4v) is 4.69. The van der Waals surface area contributed by atoms with Gasteiger partial charge in [-0.1, -0.05) is 41.9 Å². The summed E-state index contributed by atoms with van der Waals surface area (Å²) in [6.45, 7) is 2.97. The number of hydrogen-bond acceptors (Lipinski definition) is 5. The average Bonchev–Trinajstić information content (AvgIpc) is 3.23. The Morgan fingerprint density at radius 2 is 1.74 bits per heavy atom. The molecule has 0 aromatic heterocycles. The normalized spacial score (nSPS) is 13.5. The van der Waals surface area contributed by atoms with Crippen molar-refractivity contribution < 1.29 is 19.5 Å². The third-order valence-electron chi connectivity index (χ3n) is 6.48. The van der Waals surface area contributed by atoms with Gasteiger partial charge in [0.15, 0.2) is 0 Å². The van der Waals surface area contributed by atoms with E-state index in [0.717, 1.165) is 41.0 Å². The maximum atomic E-state index is 13.2. The Morgan fingerprint density at radius 3 is 2.38 bits per heavy atom. The monoisotopic (exact) mass is 546 g/mol. The summed E-state index contributed by atoms with van der Waals surface area (Å²) in [5, 5.41) is 18.9. The van der Waals surface area contributed by atoms with E-state index in [1.807, 2.05) is 61.6 Å². The third-order valence-corrected chi connectivity index (χ3v) is 6.72. The van der Waals surface area contributed by atoms with E-state index in [2.05, 4.69) is 16.0 Å². The van der Waals surface area contributed by atoms with Crippen LogP contribution in [0.15, 0.2) is 66.7 Å². The minimum atomic E-state index is -0.852. The number of anilines is 3. The van der Waals surface area contributed by atoms with Crippen molar-refractivity contribution in [2.75, 3.05) is 35.7 Å². The van der Waals surface area contributed by atoms with Crippen LogP contribution in [0, 0.1) is 0 Å². The van der Waals surface area contributed by atoms with Gasteiger partial charge in [-0.25, -0.2) is 0 Å². The number of carboxylic acid groups (broad SMARTS) is 1. The molecule has 4 rings (SSSR count). The van der Waals surface area contributed by atoms with Gasteiger partial charge in [0.05, 0.1) is 17.0 Å². The molecule has 1 aliphatic rings. The van der Waals surface area contributed by atoms with Gasteiger partial charge in [0.25, 0.3) is 5.91 Å². The van der Waals surface area contributed by atoms with Gasteiger partial charge < -0.3 is 26.0 Å². The number of amides is 2. The van der Waals surface area contributed by atoms with Gasteiger partial charge in [-0.3, -0.25) is 14.4 Å². The zero-order valence-electron chi connectivity index (χ0n) is 21.9. The summed E-state index contributed by atoms with van der Waals surface area (Å²) in [4.78, 5) is 38.1. The Balaban J connectivity index is 1.69. The molecule has 3 aromatic rings. The molecule has 0 saturated carbocycles. The van der Waals surface area contributed by atoms with Crippen LogP contribution in [0.1, 0.15) is 36.5 Å². The molecule has 0 fully saturated rings. The fraction of sp³-hybridized carbons (Fsp3) is 0.233. The molecule has 1 heterocycles.